The number of piperidine rings is 2. The van der Waals surface area contributed by atoms with Crippen molar-refractivity contribution < 1.29 is 4.79 Å². The maximum absolute atomic E-state index is 12.5. The van der Waals surface area contributed by atoms with Crippen molar-refractivity contribution in [1.29, 1.82) is 0 Å². The first-order chi connectivity index (χ1) is 23.6. The van der Waals surface area contributed by atoms with E-state index in [-0.39, 0.29) is 5.91 Å². The Balaban J connectivity index is 0.934. The molecule has 0 aliphatic carbocycles. The normalized spacial score (nSPS) is 19.7. The molecule has 1 spiro atoms. The number of aromatic nitrogens is 2. The monoisotopic (exact) mass is 680 g/mol. The van der Waals surface area contributed by atoms with Crippen LogP contribution in [0.15, 0.2) is 55.8 Å². The summed E-state index contributed by atoms with van der Waals surface area (Å²) >= 11 is 6.58. The average Bonchev–Trinajstić information content (AvgIpc) is 3.63. The van der Waals surface area contributed by atoms with Crippen molar-refractivity contribution in [3.05, 3.63) is 77.5 Å². The van der Waals surface area contributed by atoms with Crippen molar-refractivity contribution in [2.24, 2.45) is 5.41 Å². The topological polar surface area (TPSA) is 71.1 Å². The van der Waals surface area contributed by atoms with E-state index in [1.54, 1.807) is 18.1 Å². The molecule has 0 unspecified atom stereocenters. The highest BCUT2D eigenvalue weighted by molar-refractivity contribution is 6.32. The minimum absolute atomic E-state index is 0.0399. The smallest absolute Gasteiger partial charge is 0.258 e. The Bertz CT molecular complexity index is 1760. The van der Waals surface area contributed by atoms with Gasteiger partial charge in [-0.05, 0) is 99.9 Å². The number of amides is 1. The maximum atomic E-state index is 12.5. The molecule has 1 aromatic heterocycles. The predicted molar refractivity (Wildman–Crippen MR) is 203 cm³/mol. The van der Waals surface area contributed by atoms with Gasteiger partial charge in [-0.2, -0.15) is 4.98 Å². The molecule has 4 aliphatic heterocycles. The molecule has 0 radical (unpaired) electrons. The zero-order chi connectivity index (χ0) is 34.4. The molecular weight excluding hydrogens is 632 g/mol. The number of carbonyl (C=O) groups is 1. The van der Waals surface area contributed by atoms with Crippen LogP contribution in [-0.4, -0.2) is 91.1 Å². The number of rotatable bonds is 8. The zero-order valence-corrected chi connectivity index (χ0v) is 30.1. The van der Waals surface area contributed by atoms with E-state index in [0.717, 1.165) is 78.7 Å². The predicted octanol–water partition coefficient (Wildman–Crippen LogP) is 7.38. The van der Waals surface area contributed by atoms with Gasteiger partial charge in [-0.3, -0.25) is 9.69 Å². The average molecular weight is 681 g/mol. The van der Waals surface area contributed by atoms with Gasteiger partial charge in [-0.15, -0.1) is 0 Å². The van der Waals surface area contributed by atoms with Crippen LogP contribution in [0.4, 0.5) is 28.8 Å². The van der Waals surface area contributed by atoms with Gasteiger partial charge >= 0.3 is 0 Å². The third-order valence-electron chi connectivity index (χ3n) is 11.6. The number of hydrogen-bond donors (Lipinski definition) is 1. The fraction of sp³-hybridized carbons (Fsp3) is 0.462. The second-order valence-electron chi connectivity index (χ2n) is 14.6. The van der Waals surface area contributed by atoms with Gasteiger partial charge in [-0.1, -0.05) is 30.8 Å². The number of likely N-dealkylation sites (tertiary alicyclic amines) is 1. The minimum atomic E-state index is 0.0399. The van der Waals surface area contributed by atoms with Crippen LogP contribution < -0.4 is 20.0 Å². The quantitative estimate of drug-likeness (QED) is 0.264. The molecule has 10 heteroatoms. The number of carbonyl (C=O) groups excluding carboxylic acids is 1. The summed E-state index contributed by atoms with van der Waals surface area (Å²) in [5.41, 5.74) is 7.25. The van der Waals surface area contributed by atoms with Crippen molar-refractivity contribution in [3.63, 3.8) is 0 Å². The van der Waals surface area contributed by atoms with Crippen LogP contribution >= 0.6 is 11.6 Å². The van der Waals surface area contributed by atoms with Gasteiger partial charge in [0.25, 0.3) is 5.91 Å². The van der Waals surface area contributed by atoms with E-state index in [1.807, 2.05) is 12.1 Å². The molecule has 4 aliphatic rings. The Morgan fingerprint density at radius 3 is 2.47 bits per heavy atom. The molecular formula is C39H49ClN8O. The minimum Gasteiger partial charge on any atom is -0.372 e. The lowest BCUT2D eigenvalue weighted by molar-refractivity contribution is 0.0875. The fourth-order valence-corrected chi connectivity index (χ4v) is 8.27. The lowest BCUT2D eigenvalue weighted by Crippen LogP contribution is -2.46. The van der Waals surface area contributed by atoms with E-state index < -0.39 is 0 Å². The number of halogens is 1. The molecule has 2 aromatic carbocycles. The van der Waals surface area contributed by atoms with Gasteiger partial charge in [-0.25, -0.2) is 4.98 Å². The van der Waals surface area contributed by atoms with Crippen molar-refractivity contribution in [2.75, 3.05) is 73.4 Å². The Hall–Kier alpha value is -4.08. The van der Waals surface area contributed by atoms with Gasteiger partial charge in [0.15, 0.2) is 5.82 Å². The zero-order valence-electron chi connectivity index (χ0n) is 29.4. The number of nitrogens with zero attached hydrogens (tertiary/aromatic N) is 7. The lowest BCUT2D eigenvalue weighted by Gasteiger charge is -2.42. The summed E-state index contributed by atoms with van der Waals surface area (Å²) in [7, 11) is 3.90. The van der Waals surface area contributed by atoms with Gasteiger partial charge in [0.05, 0.1) is 6.20 Å². The third-order valence-corrected chi connectivity index (χ3v) is 11.8. The fourth-order valence-electron chi connectivity index (χ4n) is 8.13. The van der Waals surface area contributed by atoms with E-state index >= 15 is 0 Å². The van der Waals surface area contributed by atoms with E-state index in [0.29, 0.717) is 28.3 Å². The Kier molecular flexibility index (Phi) is 9.09. The Morgan fingerprint density at radius 1 is 1.02 bits per heavy atom. The maximum Gasteiger partial charge on any atom is 0.258 e. The first-order valence-electron chi connectivity index (χ1n) is 17.7. The molecule has 49 heavy (non-hydrogen) atoms. The molecule has 3 aromatic rings. The van der Waals surface area contributed by atoms with E-state index in [1.165, 1.54) is 38.0 Å². The highest BCUT2D eigenvalue weighted by Gasteiger charge is 2.43. The van der Waals surface area contributed by atoms with Crippen LogP contribution in [0.1, 0.15) is 67.4 Å². The van der Waals surface area contributed by atoms with Crippen molar-refractivity contribution in [3.8, 4) is 0 Å². The third kappa shape index (κ3) is 6.39. The summed E-state index contributed by atoms with van der Waals surface area (Å²) in [6, 6.07) is 13.5. The van der Waals surface area contributed by atoms with Gasteiger partial charge in [0, 0.05) is 92.8 Å². The molecule has 0 atom stereocenters. The number of hydrogen-bond acceptors (Lipinski definition) is 8. The van der Waals surface area contributed by atoms with Crippen LogP contribution in [0.3, 0.4) is 0 Å². The second-order valence-corrected chi connectivity index (χ2v) is 15.0. The molecule has 0 saturated carbocycles. The number of fused-ring (bicyclic) bond motifs is 1. The summed E-state index contributed by atoms with van der Waals surface area (Å²) < 4.78 is 0. The standard InChI is InChI=1S/C39H49ClN8O/c1-7-28-22-29(8-11-35(28)44(5)26(2)3)42-36-34(40)24-41-38(43-36)47-17-12-30(13-18-47)48-21-16-39(25-48)14-19-46(20-15-39)31-9-10-32-33(23-31)27(4)45(6)37(32)49/h7-11,22-24,26,30H,1,4,12-21,25H2,2-3,5-6H3,(H,41,42,43). The molecule has 3 saturated heterocycles. The van der Waals surface area contributed by atoms with Crippen molar-refractivity contribution in [1.82, 2.24) is 19.8 Å². The van der Waals surface area contributed by atoms with Gasteiger partial charge in [0.2, 0.25) is 5.95 Å². The summed E-state index contributed by atoms with van der Waals surface area (Å²) in [6.45, 7) is 18.9. The molecule has 9 nitrogen and oxygen atoms in total. The summed E-state index contributed by atoms with van der Waals surface area (Å²) in [5, 5.41) is 3.93. The number of benzene rings is 2. The first kappa shape index (κ1) is 33.4. The highest BCUT2D eigenvalue weighted by atomic mass is 35.5. The number of anilines is 5. The lowest BCUT2D eigenvalue weighted by atomic mass is 9.77. The van der Waals surface area contributed by atoms with Crippen LogP contribution in [0.2, 0.25) is 5.02 Å². The van der Waals surface area contributed by atoms with Crippen LogP contribution in [0.25, 0.3) is 11.8 Å². The molecule has 5 heterocycles. The molecule has 258 valence electrons. The highest BCUT2D eigenvalue weighted by Crippen LogP contribution is 2.44. The van der Waals surface area contributed by atoms with Gasteiger partial charge < -0.3 is 24.9 Å². The van der Waals surface area contributed by atoms with Crippen LogP contribution in [0.5, 0.6) is 0 Å². The van der Waals surface area contributed by atoms with E-state index in [4.69, 9.17) is 16.6 Å². The summed E-state index contributed by atoms with van der Waals surface area (Å²) in [5.74, 6) is 1.38. The van der Waals surface area contributed by atoms with Crippen LogP contribution in [-0.2, 0) is 0 Å². The molecule has 0 bridgehead atoms. The Labute approximate surface area is 296 Å². The SMILES string of the molecule is C=Cc1cc(Nc2nc(N3CCC(N4CCC5(CCN(c6ccc7c(c6)C(=C)N(C)C7=O)CC5)C4)CC3)ncc2Cl)ccc1N(C)C(C)C. The summed E-state index contributed by atoms with van der Waals surface area (Å²) in [4.78, 5) is 33.4. The molecule has 1 N–H and O–H groups in total. The molecule has 1 amide bonds. The van der Waals surface area contributed by atoms with Crippen molar-refractivity contribution >= 4 is 58.1 Å². The number of nitrogens with one attached hydrogen (secondary N) is 1. The molecule has 7 rings (SSSR count). The van der Waals surface area contributed by atoms with Gasteiger partial charge in [0.1, 0.15) is 5.02 Å². The largest absolute Gasteiger partial charge is 0.372 e. The first-order valence-corrected chi connectivity index (χ1v) is 18.1. The van der Waals surface area contributed by atoms with Crippen molar-refractivity contribution in [2.45, 2.75) is 58.0 Å². The van der Waals surface area contributed by atoms with E-state index in [2.05, 4.69) is 94.3 Å². The Morgan fingerprint density at radius 2 is 1.76 bits per heavy atom. The summed E-state index contributed by atoms with van der Waals surface area (Å²) in [6.07, 6.45) is 9.50. The molecule has 3 fully saturated rings. The second kappa shape index (κ2) is 13.3. The van der Waals surface area contributed by atoms with Crippen LogP contribution in [0, 0.1) is 5.41 Å². The van der Waals surface area contributed by atoms with E-state index in [9.17, 15) is 4.79 Å².